The zero-order valence-electron chi connectivity index (χ0n) is 16.8. The average molecular weight is 364 g/mol. The molecule has 4 heteroatoms. The van der Waals surface area contributed by atoms with Crippen molar-refractivity contribution in [1.82, 2.24) is 14.7 Å². The molecule has 0 saturated heterocycles. The predicted molar refractivity (Wildman–Crippen MR) is 111 cm³/mol. The molecule has 0 aliphatic rings. The van der Waals surface area contributed by atoms with Gasteiger partial charge in [-0.1, -0.05) is 36.4 Å². The van der Waals surface area contributed by atoms with Gasteiger partial charge in [0.15, 0.2) is 0 Å². The molecular weight excluding hydrogens is 334 g/mol. The fourth-order valence-electron chi connectivity index (χ4n) is 3.37. The number of methoxy groups -OCH3 is 1. The molecule has 0 unspecified atom stereocenters. The summed E-state index contributed by atoms with van der Waals surface area (Å²) in [5.74, 6) is 0.887. The first kappa shape index (κ1) is 19.2. The molecule has 142 valence electrons. The Kier molecular flexibility index (Phi) is 6.30. The molecule has 27 heavy (non-hydrogen) atoms. The van der Waals surface area contributed by atoms with Crippen LogP contribution in [0.4, 0.5) is 0 Å². The molecule has 2 aromatic carbocycles. The van der Waals surface area contributed by atoms with Crippen molar-refractivity contribution in [3.63, 3.8) is 0 Å². The quantitative estimate of drug-likeness (QED) is 0.581. The van der Waals surface area contributed by atoms with E-state index in [2.05, 4.69) is 71.1 Å². The zero-order valence-corrected chi connectivity index (χ0v) is 16.8. The van der Waals surface area contributed by atoms with Crippen molar-refractivity contribution in [1.29, 1.82) is 0 Å². The summed E-state index contributed by atoms with van der Waals surface area (Å²) in [6, 6.07) is 19.2. The summed E-state index contributed by atoms with van der Waals surface area (Å²) in [5.41, 5.74) is 6.11. The van der Waals surface area contributed by atoms with Crippen LogP contribution < -0.4 is 4.74 Å². The summed E-state index contributed by atoms with van der Waals surface area (Å²) in [6.45, 7) is 7.15. The first-order valence-corrected chi connectivity index (χ1v) is 9.48. The van der Waals surface area contributed by atoms with Crippen LogP contribution in [0.1, 0.15) is 23.4 Å². The highest BCUT2D eigenvalue weighted by molar-refractivity contribution is 5.64. The van der Waals surface area contributed by atoms with Crippen molar-refractivity contribution in [2.24, 2.45) is 0 Å². The Bertz CT molecular complexity index is 850. The standard InChI is InChI=1S/C23H29N3O/c1-18-16-19(2)26(24-18)15-5-14-25(3)17-20-6-8-21(9-7-20)22-10-12-23(27-4)13-11-22/h6-13,16H,5,14-15,17H2,1-4H3. The third kappa shape index (κ3) is 5.20. The van der Waals surface area contributed by atoms with E-state index < -0.39 is 0 Å². The fourth-order valence-corrected chi connectivity index (χ4v) is 3.37. The Morgan fingerprint density at radius 1 is 0.963 bits per heavy atom. The van der Waals surface area contributed by atoms with Gasteiger partial charge in [-0.3, -0.25) is 4.68 Å². The first-order chi connectivity index (χ1) is 13.0. The molecule has 3 rings (SSSR count). The second-order valence-corrected chi connectivity index (χ2v) is 7.17. The molecule has 0 saturated carbocycles. The zero-order chi connectivity index (χ0) is 19.2. The van der Waals surface area contributed by atoms with Crippen LogP contribution in [0, 0.1) is 13.8 Å². The van der Waals surface area contributed by atoms with Gasteiger partial charge >= 0.3 is 0 Å². The van der Waals surface area contributed by atoms with Crippen molar-refractivity contribution in [3.05, 3.63) is 71.5 Å². The number of rotatable bonds is 8. The van der Waals surface area contributed by atoms with Crippen LogP contribution >= 0.6 is 0 Å². The normalized spacial score (nSPS) is 11.1. The van der Waals surface area contributed by atoms with Gasteiger partial charge in [-0.25, -0.2) is 0 Å². The van der Waals surface area contributed by atoms with Gasteiger partial charge in [0.2, 0.25) is 0 Å². The van der Waals surface area contributed by atoms with Gasteiger partial charge in [0.05, 0.1) is 12.8 Å². The molecule has 4 nitrogen and oxygen atoms in total. The minimum atomic E-state index is 0.887. The van der Waals surface area contributed by atoms with E-state index in [1.807, 2.05) is 19.1 Å². The lowest BCUT2D eigenvalue weighted by atomic mass is 10.0. The van der Waals surface area contributed by atoms with Gasteiger partial charge in [0, 0.05) is 18.8 Å². The maximum Gasteiger partial charge on any atom is 0.118 e. The topological polar surface area (TPSA) is 30.3 Å². The minimum Gasteiger partial charge on any atom is -0.497 e. The van der Waals surface area contributed by atoms with Crippen LogP contribution in [0.25, 0.3) is 11.1 Å². The molecule has 0 bridgehead atoms. The van der Waals surface area contributed by atoms with Crippen LogP contribution in [0.3, 0.4) is 0 Å². The van der Waals surface area contributed by atoms with Crippen molar-refractivity contribution < 1.29 is 4.74 Å². The molecule has 0 radical (unpaired) electrons. The summed E-state index contributed by atoms with van der Waals surface area (Å²) in [7, 11) is 3.87. The molecule has 0 N–H and O–H groups in total. The van der Waals surface area contributed by atoms with Gasteiger partial charge in [-0.05, 0) is 68.8 Å². The largest absolute Gasteiger partial charge is 0.497 e. The smallest absolute Gasteiger partial charge is 0.118 e. The van der Waals surface area contributed by atoms with E-state index >= 15 is 0 Å². The summed E-state index contributed by atoms with van der Waals surface area (Å²) in [4.78, 5) is 2.37. The maximum atomic E-state index is 5.23. The highest BCUT2D eigenvalue weighted by atomic mass is 16.5. The highest BCUT2D eigenvalue weighted by Crippen LogP contribution is 2.23. The van der Waals surface area contributed by atoms with Crippen molar-refractivity contribution in [2.45, 2.75) is 33.4 Å². The number of ether oxygens (including phenoxy) is 1. The van der Waals surface area contributed by atoms with Crippen LogP contribution in [0.15, 0.2) is 54.6 Å². The SMILES string of the molecule is COc1ccc(-c2ccc(CN(C)CCCn3nc(C)cc3C)cc2)cc1. The van der Waals surface area contributed by atoms with Crippen molar-refractivity contribution in [3.8, 4) is 16.9 Å². The molecular formula is C23H29N3O. The van der Waals surface area contributed by atoms with E-state index in [9.17, 15) is 0 Å². The summed E-state index contributed by atoms with van der Waals surface area (Å²) < 4.78 is 7.33. The van der Waals surface area contributed by atoms with E-state index in [4.69, 9.17) is 4.74 Å². The van der Waals surface area contributed by atoms with Crippen LogP contribution in [-0.4, -0.2) is 35.4 Å². The molecule has 0 atom stereocenters. The number of hydrogen-bond donors (Lipinski definition) is 0. The number of hydrogen-bond acceptors (Lipinski definition) is 3. The third-order valence-corrected chi connectivity index (χ3v) is 4.84. The van der Waals surface area contributed by atoms with E-state index in [-0.39, 0.29) is 0 Å². The van der Waals surface area contributed by atoms with Gasteiger partial charge in [-0.15, -0.1) is 0 Å². The summed E-state index contributed by atoms with van der Waals surface area (Å²) in [5, 5.41) is 4.53. The van der Waals surface area contributed by atoms with E-state index in [1.165, 1.54) is 22.4 Å². The van der Waals surface area contributed by atoms with Crippen LogP contribution in [-0.2, 0) is 13.1 Å². The number of benzene rings is 2. The lowest BCUT2D eigenvalue weighted by Crippen LogP contribution is -2.20. The van der Waals surface area contributed by atoms with Gasteiger partial charge in [-0.2, -0.15) is 5.10 Å². The average Bonchev–Trinajstić information content (AvgIpc) is 2.99. The molecule has 0 fully saturated rings. The van der Waals surface area contributed by atoms with Crippen LogP contribution in [0.2, 0.25) is 0 Å². The minimum absolute atomic E-state index is 0.887. The lowest BCUT2D eigenvalue weighted by molar-refractivity contribution is 0.311. The van der Waals surface area contributed by atoms with E-state index in [1.54, 1.807) is 7.11 Å². The second-order valence-electron chi connectivity index (χ2n) is 7.17. The molecule has 0 spiro atoms. The van der Waals surface area contributed by atoms with E-state index in [0.29, 0.717) is 0 Å². The van der Waals surface area contributed by atoms with Gasteiger partial charge in [0.25, 0.3) is 0 Å². The maximum absolute atomic E-state index is 5.23. The van der Waals surface area contributed by atoms with Gasteiger partial charge in [0.1, 0.15) is 5.75 Å². The Labute approximate surface area is 162 Å². The molecule has 1 aromatic heterocycles. The molecule has 0 amide bonds. The molecule has 1 heterocycles. The van der Waals surface area contributed by atoms with Crippen LogP contribution in [0.5, 0.6) is 5.75 Å². The molecule has 0 aliphatic heterocycles. The van der Waals surface area contributed by atoms with Crippen molar-refractivity contribution >= 4 is 0 Å². The predicted octanol–water partition coefficient (Wildman–Crippen LogP) is 4.70. The molecule has 3 aromatic rings. The van der Waals surface area contributed by atoms with Crippen molar-refractivity contribution in [2.75, 3.05) is 20.7 Å². The Morgan fingerprint density at radius 2 is 1.59 bits per heavy atom. The summed E-state index contributed by atoms with van der Waals surface area (Å²) in [6.07, 6.45) is 1.10. The Hall–Kier alpha value is -2.59. The first-order valence-electron chi connectivity index (χ1n) is 9.48. The van der Waals surface area contributed by atoms with E-state index in [0.717, 1.165) is 37.5 Å². The monoisotopic (exact) mass is 363 g/mol. The highest BCUT2D eigenvalue weighted by Gasteiger charge is 2.04. The lowest BCUT2D eigenvalue weighted by Gasteiger charge is -2.17. The third-order valence-electron chi connectivity index (χ3n) is 4.84. The Balaban J connectivity index is 1.50. The number of aryl methyl sites for hydroxylation is 3. The fraction of sp³-hybridized carbons (Fsp3) is 0.348. The Morgan fingerprint density at radius 3 is 2.15 bits per heavy atom. The summed E-state index contributed by atoms with van der Waals surface area (Å²) >= 11 is 0. The van der Waals surface area contributed by atoms with Gasteiger partial charge < -0.3 is 9.64 Å². The number of nitrogens with zero attached hydrogens (tertiary/aromatic N) is 3. The molecule has 0 aliphatic carbocycles. The second kappa shape index (κ2) is 8.87. The number of aromatic nitrogens is 2.